The third-order valence-corrected chi connectivity index (χ3v) is 14.5. The summed E-state index contributed by atoms with van der Waals surface area (Å²) >= 11 is 19.4. The van der Waals surface area contributed by atoms with Crippen molar-refractivity contribution < 1.29 is 59.5 Å². The Morgan fingerprint density at radius 2 is 1.12 bits per heavy atom. The van der Waals surface area contributed by atoms with Gasteiger partial charge in [-0.15, -0.1) is 34.3 Å². The molecule has 0 saturated carbocycles. The first-order chi connectivity index (χ1) is 28.4. The third-order valence-electron chi connectivity index (χ3n) is 8.48. The molecule has 60 heavy (non-hydrogen) atoms. The summed E-state index contributed by atoms with van der Waals surface area (Å²) in [5, 5.41) is 19.0. The maximum atomic E-state index is 12.9. The number of rotatable bonds is 11. The van der Waals surface area contributed by atoms with E-state index < -0.39 is 26.0 Å². The van der Waals surface area contributed by atoms with Crippen molar-refractivity contribution >= 4 is 101 Å². The second-order valence-electron chi connectivity index (χ2n) is 12.6. The molecule has 8 rings (SSSR count). The fourth-order valence-electron chi connectivity index (χ4n) is 5.33. The summed E-state index contributed by atoms with van der Waals surface area (Å²) in [6, 6.07) is 9.99. The maximum absolute atomic E-state index is 12.9. The average molecular weight is 962 g/mol. The van der Waals surface area contributed by atoms with Crippen LogP contribution >= 0.6 is 57.5 Å². The fourth-order valence-corrected chi connectivity index (χ4v) is 10.6. The molecule has 0 fully saturated rings. The molecule has 2 aliphatic rings. The first-order valence-electron chi connectivity index (χ1n) is 16.9. The van der Waals surface area contributed by atoms with Crippen LogP contribution in [0.3, 0.4) is 0 Å². The number of carbonyl (C=O) groups excluding carboxylic acids is 1. The number of sulfonamides is 2. The molecule has 6 aromatic rings. The van der Waals surface area contributed by atoms with Gasteiger partial charge in [-0.25, -0.2) is 31.1 Å². The number of benzene rings is 2. The van der Waals surface area contributed by atoms with Gasteiger partial charge in [-0.1, -0.05) is 33.5 Å². The molecule has 0 atom stereocenters. The van der Waals surface area contributed by atoms with Crippen LogP contribution in [0.2, 0.25) is 10.0 Å². The van der Waals surface area contributed by atoms with Crippen molar-refractivity contribution in [2.45, 2.75) is 49.8 Å². The Bertz CT molecular complexity index is 2820. The predicted molar refractivity (Wildman–Crippen MR) is 222 cm³/mol. The molecule has 0 unspecified atom stereocenters. The highest BCUT2D eigenvalue weighted by Gasteiger charge is 2.29. The van der Waals surface area contributed by atoms with E-state index in [4.69, 9.17) is 67.9 Å². The standard InChI is InChI=1S/C18H15ClN2O6S2.C9H7ClN2O5S2.C9H9ClO2/c1-9-5-13-14(26-8-25-13)7-11(9)6-12(22)17-15(3-4-28-17)29(23,24)21-18-16(19)10(2)20-27-18;1-4-6(10)8(17-11-4)12-19(15,16)5-2-3-18-7(5)9(13)14;1-6-2-8-9(12-5-11-8)3-7(6)4-10/h3-5,7,21H,6,8H2,1-2H3;2-3,12H,1H3,(H,13,14);2-3H,4-5H2,1H3. The predicted octanol–water partition coefficient (Wildman–Crippen LogP) is 8.62. The van der Waals surface area contributed by atoms with Crippen LogP contribution in [0.25, 0.3) is 0 Å². The number of alkyl halides is 1. The Labute approximate surface area is 365 Å². The number of aromatic nitrogens is 2. The van der Waals surface area contributed by atoms with E-state index in [0.29, 0.717) is 35.6 Å². The van der Waals surface area contributed by atoms with E-state index in [1.54, 1.807) is 24.4 Å². The molecule has 0 aliphatic carbocycles. The van der Waals surface area contributed by atoms with Crippen molar-refractivity contribution in [2.75, 3.05) is 23.0 Å². The second kappa shape index (κ2) is 18.3. The average Bonchev–Trinajstić information content (AvgIpc) is 4.07. The zero-order valence-corrected chi connectivity index (χ0v) is 37.0. The van der Waals surface area contributed by atoms with Crippen LogP contribution in [0.4, 0.5) is 11.8 Å². The fraction of sp³-hybridized carbons (Fsp3) is 0.222. The molecule has 4 aromatic heterocycles. The number of aromatic carboxylic acids is 1. The topological polar surface area (TPSA) is 236 Å². The second-order valence-corrected chi connectivity index (χ2v) is 18.7. The minimum absolute atomic E-state index is 0.0215. The molecule has 2 aromatic carbocycles. The third kappa shape index (κ3) is 9.78. The Kier molecular flexibility index (Phi) is 13.6. The van der Waals surface area contributed by atoms with Crippen molar-refractivity contribution in [3.05, 3.63) is 101 Å². The number of halogens is 3. The van der Waals surface area contributed by atoms with Gasteiger partial charge < -0.3 is 33.1 Å². The van der Waals surface area contributed by atoms with Crippen LogP contribution in [0, 0.1) is 27.7 Å². The minimum atomic E-state index is -4.09. The van der Waals surface area contributed by atoms with Crippen LogP contribution in [-0.2, 0) is 32.3 Å². The number of Topliss-reactive ketones (excluding diaryl/α,β-unsaturated/α-hetero) is 1. The van der Waals surface area contributed by atoms with E-state index in [9.17, 15) is 26.4 Å². The highest BCUT2D eigenvalue weighted by molar-refractivity contribution is 7.93. The van der Waals surface area contributed by atoms with Gasteiger partial charge in [0.2, 0.25) is 13.6 Å². The summed E-state index contributed by atoms with van der Waals surface area (Å²) in [6.07, 6.45) is 0.0215. The lowest BCUT2D eigenvalue weighted by Crippen LogP contribution is -2.16. The van der Waals surface area contributed by atoms with Crippen molar-refractivity contribution in [1.29, 1.82) is 0 Å². The molecule has 0 saturated heterocycles. The molecular formula is C36H31Cl3N4O13S4. The van der Waals surface area contributed by atoms with Gasteiger partial charge in [0.25, 0.3) is 31.8 Å². The van der Waals surface area contributed by atoms with Gasteiger partial charge in [-0.2, -0.15) is 0 Å². The summed E-state index contributed by atoms with van der Waals surface area (Å²) in [6.45, 7) is 7.44. The summed E-state index contributed by atoms with van der Waals surface area (Å²) < 4.78 is 84.7. The summed E-state index contributed by atoms with van der Waals surface area (Å²) in [7, 11) is -8.18. The smallest absolute Gasteiger partial charge is 0.347 e. The van der Waals surface area contributed by atoms with Crippen molar-refractivity contribution in [3.8, 4) is 23.0 Å². The number of aryl methyl sites for hydroxylation is 4. The lowest BCUT2D eigenvalue weighted by Gasteiger charge is -2.09. The van der Waals surface area contributed by atoms with E-state index in [-0.39, 0.29) is 60.4 Å². The number of carbonyl (C=O) groups is 2. The number of anilines is 2. The monoisotopic (exact) mass is 960 g/mol. The quantitative estimate of drug-likeness (QED) is 0.0814. The highest BCUT2D eigenvalue weighted by Crippen LogP contribution is 2.37. The van der Waals surface area contributed by atoms with E-state index >= 15 is 0 Å². The maximum Gasteiger partial charge on any atom is 0.347 e. The number of fused-ring (bicyclic) bond motifs is 2. The Balaban J connectivity index is 0.000000166. The lowest BCUT2D eigenvalue weighted by atomic mass is 10.0. The first-order valence-corrected chi connectivity index (χ1v) is 23.0. The molecule has 0 spiro atoms. The molecule has 3 N–H and O–H groups in total. The van der Waals surface area contributed by atoms with Crippen LogP contribution in [0.5, 0.6) is 23.0 Å². The van der Waals surface area contributed by atoms with Crippen LogP contribution in [0.1, 0.15) is 53.0 Å². The molecule has 2 aliphatic heterocycles. The normalized spacial score (nSPS) is 12.6. The van der Waals surface area contributed by atoms with Crippen LogP contribution in [-0.4, -0.2) is 57.6 Å². The van der Waals surface area contributed by atoms with E-state index in [1.165, 1.54) is 24.4 Å². The van der Waals surface area contributed by atoms with Gasteiger partial charge in [-0.05, 0) is 97.1 Å². The van der Waals surface area contributed by atoms with Gasteiger partial charge in [-0.3, -0.25) is 4.79 Å². The molecule has 0 bridgehead atoms. The first kappa shape index (κ1) is 44.5. The highest BCUT2D eigenvalue weighted by atomic mass is 35.5. The van der Waals surface area contributed by atoms with Crippen molar-refractivity contribution in [3.63, 3.8) is 0 Å². The molecule has 24 heteroatoms. The van der Waals surface area contributed by atoms with E-state index in [0.717, 1.165) is 56.4 Å². The van der Waals surface area contributed by atoms with Crippen LogP contribution in [0.15, 0.2) is 66.0 Å². The minimum Gasteiger partial charge on any atom is -0.477 e. The molecule has 17 nitrogen and oxygen atoms in total. The number of ether oxygens (including phenoxy) is 4. The largest absolute Gasteiger partial charge is 0.477 e. The van der Waals surface area contributed by atoms with Gasteiger partial charge in [0, 0.05) is 12.3 Å². The summed E-state index contributed by atoms with van der Waals surface area (Å²) in [5.74, 6) is 1.23. The van der Waals surface area contributed by atoms with Crippen LogP contribution < -0.4 is 28.4 Å². The molecule has 0 amide bonds. The van der Waals surface area contributed by atoms with Gasteiger partial charge in [0.15, 0.2) is 28.8 Å². The number of ketones is 1. The Morgan fingerprint density at radius 3 is 1.55 bits per heavy atom. The molecular weight excluding hydrogens is 931 g/mol. The van der Waals surface area contributed by atoms with Crippen molar-refractivity contribution in [1.82, 2.24) is 10.3 Å². The molecule has 6 heterocycles. The summed E-state index contributed by atoms with van der Waals surface area (Å²) in [5.41, 5.74) is 4.51. The molecule has 318 valence electrons. The van der Waals surface area contributed by atoms with E-state index in [2.05, 4.69) is 19.8 Å². The number of carboxylic acids is 1. The number of carboxylic acid groups (broad SMARTS) is 1. The number of hydrogen-bond donors (Lipinski definition) is 3. The zero-order valence-electron chi connectivity index (χ0n) is 31.5. The van der Waals surface area contributed by atoms with E-state index in [1.807, 2.05) is 26.0 Å². The number of nitrogens with zero attached hydrogens (tertiary/aromatic N) is 2. The molecule has 0 radical (unpaired) electrons. The summed E-state index contributed by atoms with van der Waals surface area (Å²) in [4.78, 5) is 23.1. The van der Waals surface area contributed by atoms with Gasteiger partial charge in [0.05, 0.1) is 4.88 Å². The lowest BCUT2D eigenvalue weighted by molar-refractivity contribution is 0.0698. The number of thiophene rings is 2. The van der Waals surface area contributed by atoms with Gasteiger partial charge in [0.1, 0.15) is 36.1 Å². The zero-order chi connectivity index (χ0) is 43.5. The Morgan fingerprint density at radius 1 is 0.700 bits per heavy atom. The SMILES string of the molecule is Cc1cc2c(cc1CC(=O)c1sccc1S(=O)(=O)Nc1onc(C)c1Cl)OCO2.Cc1cc2c(cc1CCl)OCO2.Cc1noc(NS(=O)(=O)c2ccsc2C(=O)O)c1Cl. The van der Waals surface area contributed by atoms with Crippen molar-refractivity contribution in [2.24, 2.45) is 0 Å². The number of nitrogens with one attached hydrogen (secondary N) is 2. The Hall–Kier alpha value is -5.03. The van der Waals surface area contributed by atoms with Gasteiger partial charge >= 0.3 is 5.97 Å². The number of hydrogen-bond acceptors (Lipinski definition) is 16.